The van der Waals surface area contributed by atoms with Gasteiger partial charge in [-0.15, -0.1) is 0 Å². The van der Waals surface area contributed by atoms with Crippen molar-refractivity contribution < 1.29 is 14.3 Å². The van der Waals surface area contributed by atoms with E-state index in [2.05, 4.69) is 5.32 Å². The Morgan fingerprint density at radius 3 is 2.52 bits per heavy atom. The van der Waals surface area contributed by atoms with Crippen LogP contribution in [0.25, 0.3) is 6.08 Å². The van der Waals surface area contributed by atoms with Gasteiger partial charge in [0.05, 0.1) is 17.2 Å². The van der Waals surface area contributed by atoms with Gasteiger partial charge in [0, 0.05) is 17.3 Å². The predicted octanol–water partition coefficient (Wildman–Crippen LogP) is 6.74. The summed E-state index contributed by atoms with van der Waals surface area (Å²) in [4.78, 5) is 12.8. The monoisotopic (exact) mass is 480 g/mol. The maximum absolute atomic E-state index is 12.8. The Morgan fingerprint density at radius 2 is 1.85 bits per heavy atom. The Balaban J connectivity index is 1.87. The summed E-state index contributed by atoms with van der Waals surface area (Å²) in [5.74, 6) is 0.526. The number of amides is 1. The highest BCUT2D eigenvalue weighted by Crippen LogP contribution is 2.29. The highest BCUT2D eigenvalue weighted by atomic mass is 35.5. The van der Waals surface area contributed by atoms with Crippen LogP contribution < -0.4 is 14.8 Å². The molecule has 1 amide bonds. The van der Waals surface area contributed by atoms with Crippen LogP contribution in [0.1, 0.15) is 22.3 Å². The zero-order valence-corrected chi connectivity index (χ0v) is 19.9. The van der Waals surface area contributed by atoms with Crippen LogP contribution >= 0.6 is 23.2 Å². The minimum Gasteiger partial charge on any atom is -0.497 e. The van der Waals surface area contributed by atoms with Crippen molar-refractivity contribution in [3.05, 3.63) is 92.5 Å². The van der Waals surface area contributed by atoms with E-state index in [1.54, 1.807) is 37.4 Å². The largest absolute Gasteiger partial charge is 0.497 e. The second kappa shape index (κ2) is 10.9. The standard InChI is InChI=1S/C26H22Cl2N2O3/c1-16-4-9-24(17(2)10-16)30-26(31)20(14-29)12-19-6-7-21(32-3)13-25(19)33-15-18-5-8-22(27)23(28)11-18/h4-13H,15H2,1-3H3,(H,30,31)/b20-12+. The fraction of sp³-hybridized carbons (Fsp3) is 0.154. The molecule has 5 nitrogen and oxygen atoms in total. The lowest BCUT2D eigenvalue weighted by molar-refractivity contribution is -0.112. The minimum atomic E-state index is -0.504. The quantitative estimate of drug-likeness (QED) is 0.300. The van der Waals surface area contributed by atoms with Crippen molar-refractivity contribution in [2.75, 3.05) is 12.4 Å². The Labute approximate surface area is 203 Å². The fourth-order valence-corrected chi connectivity index (χ4v) is 3.44. The number of ether oxygens (including phenoxy) is 2. The predicted molar refractivity (Wildman–Crippen MR) is 132 cm³/mol. The second-order valence-electron chi connectivity index (χ2n) is 7.38. The number of aryl methyl sites for hydroxylation is 2. The van der Waals surface area contributed by atoms with Gasteiger partial charge in [0.15, 0.2) is 0 Å². The van der Waals surface area contributed by atoms with E-state index in [9.17, 15) is 10.1 Å². The summed E-state index contributed by atoms with van der Waals surface area (Å²) in [6.45, 7) is 4.08. The summed E-state index contributed by atoms with van der Waals surface area (Å²) < 4.78 is 11.3. The molecule has 1 N–H and O–H groups in total. The highest BCUT2D eigenvalue weighted by molar-refractivity contribution is 6.42. The average Bonchev–Trinajstić information content (AvgIpc) is 2.80. The molecular weight excluding hydrogens is 459 g/mol. The molecule has 0 aromatic heterocycles. The first kappa shape index (κ1) is 24.2. The lowest BCUT2D eigenvalue weighted by atomic mass is 10.1. The molecule has 0 unspecified atom stereocenters. The molecule has 3 aromatic carbocycles. The molecule has 0 aliphatic rings. The molecular formula is C26H22Cl2N2O3. The van der Waals surface area contributed by atoms with E-state index < -0.39 is 5.91 Å². The molecule has 0 bridgehead atoms. The number of halogens is 2. The van der Waals surface area contributed by atoms with Gasteiger partial charge in [0.2, 0.25) is 0 Å². The Hall–Kier alpha value is -3.46. The number of benzene rings is 3. The normalized spacial score (nSPS) is 11.0. The van der Waals surface area contributed by atoms with Gasteiger partial charge < -0.3 is 14.8 Å². The van der Waals surface area contributed by atoms with E-state index in [0.717, 1.165) is 16.7 Å². The van der Waals surface area contributed by atoms with Gasteiger partial charge in [0.1, 0.15) is 29.7 Å². The van der Waals surface area contributed by atoms with Crippen LogP contribution in [0, 0.1) is 25.2 Å². The van der Waals surface area contributed by atoms with Crippen molar-refractivity contribution in [2.24, 2.45) is 0 Å². The first-order valence-electron chi connectivity index (χ1n) is 10.1. The molecule has 0 aliphatic heterocycles. The van der Waals surface area contributed by atoms with Crippen LogP contribution in [-0.4, -0.2) is 13.0 Å². The molecule has 3 aromatic rings. The van der Waals surface area contributed by atoms with E-state index in [-0.39, 0.29) is 12.2 Å². The third-order valence-electron chi connectivity index (χ3n) is 4.89. The zero-order valence-electron chi connectivity index (χ0n) is 18.4. The number of anilines is 1. The summed E-state index contributed by atoms with van der Waals surface area (Å²) in [6.07, 6.45) is 1.49. The number of carbonyl (C=O) groups is 1. The Morgan fingerprint density at radius 1 is 1.06 bits per heavy atom. The van der Waals surface area contributed by atoms with Gasteiger partial charge in [-0.25, -0.2) is 0 Å². The van der Waals surface area contributed by atoms with Gasteiger partial charge >= 0.3 is 0 Å². The number of carbonyl (C=O) groups excluding carboxylic acids is 1. The summed E-state index contributed by atoms with van der Waals surface area (Å²) in [5, 5.41) is 13.3. The summed E-state index contributed by atoms with van der Waals surface area (Å²) >= 11 is 12.1. The molecule has 3 rings (SSSR count). The van der Waals surface area contributed by atoms with Crippen LogP contribution in [-0.2, 0) is 11.4 Å². The maximum Gasteiger partial charge on any atom is 0.266 e. The van der Waals surface area contributed by atoms with Crippen LogP contribution in [0.15, 0.2) is 60.2 Å². The molecule has 0 saturated carbocycles. The Bertz CT molecular complexity index is 1260. The van der Waals surface area contributed by atoms with Crippen LogP contribution in [0.5, 0.6) is 11.5 Å². The molecule has 0 saturated heterocycles. The van der Waals surface area contributed by atoms with Gasteiger partial charge in [0.25, 0.3) is 5.91 Å². The third kappa shape index (κ3) is 6.29. The summed E-state index contributed by atoms with van der Waals surface area (Å²) in [5.41, 5.74) is 3.97. The van der Waals surface area contributed by atoms with Crippen molar-refractivity contribution >= 4 is 40.9 Å². The van der Waals surface area contributed by atoms with Crippen molar-refractivity contribution in [2.45, 2.75) is 20.5 Å². The van der Waals surface area contributed by atoms with E-state index in [1.807, 2.05) is 44.2 Å². The van der Waals surface area contributed by atoms with Crippen LogP contribution in [0.2, 0.25) is 10.0 Å². The molecule has 0 atom stereocenters. The molecule has 0 fully saturated rings. The number of nitriles is 1. The van der Waals surface area contributed by atoms with Crippen molar-refractivity contribution in [3.63, 3.8) is 0 Å². The maximum atomic E-state index is 12.8. The van der Waals surface area contributed by atoms with Crippen LogP contribution in [0.3, 0.4) is 0 Å². The van der Waals surface area contributed by atoms with Gasteiger partial charge in [-0.2, -0.15) is 5.26 Å². The second-order valence-corrected chi connectivity index (χ2v) is 8.20. The number of nitrogens with zero attached hydrogens (tertiary/aromatic N) is 1. The number of rotatable bonds is 7. The van der Waals surface area contributed by atoms with Gasteiger partial charge in [-0.1, -0.05) is 47.0 Å². The van der Waals surface area contributed by atoms with Gasteiger partial charge in [-0.3, -0.25) is 4.79 Å². The summed E-state index contributed by atoms with van der Waals surface area (Å²) in [6, 6.07) is 18.0. The minimum absolute atomic E-state index is 0.0560. The average molecular weight is 481 g/mol. The van der Waals surface area contributed by atoms with Crippen molar-refractivity contribution in [3.8, 4) is 17.6 Å². The SMILES string of the molecule is COc1ccc(/C=C(\C#N)C(=O)Nc2ccc(C)cc2C)c(OCc2ccc(Cl)c(Cl)c2)c1. The smallest absolute Gasteiger partial charge is 0.266 e. The van der Waals surface area contributed by atoms with E-state index >= 15 is 0 Å². The number of nitrogens with one attached hydrogen (secondary N) is 1. The van der Waals surface area contributed by atoms with Crippen LogP contribution in [0.4, 0.5) is 5.69 Å². The van der Waals surface area contributed by atoms with E-state index in [4.69, 9.17) is 32.7 Å². The first-order valence-corrected chi connectivity index (χ1v) is 10.8. The van der Waals surface area contributed by atoms with E-state index in [1.165, 1.54) is 6.08 Å². The van der Waals surface area contributed by atoms with Crippen molar-refractivity contribution in [1.29, 1.82) is 5.26 Å². The molecule has 168 valence electrons. The molecule has 0 spiro atoms. The van der Waals surface area contributed by atoms with Gasteiger partial charge in [-0.05, 0) is 61.4 Å². The third-order valence-corrected chi connectivity index (χ3v) is 5.63. The van der Waals surface area contributed by atoms with Crippen molar-refractivity contribution in [1.82, 2.24) is 0 Å². The topological polar surface area (TPSA) is 71.3 Å². The molecule has 7 heteroatoms. The number of hydrogen-bond acceptors (Lipinski definition) is 4. The zero-order chi connectivity index (χ0) is 24.0. The lowest BCUT2D eigenvalue weighted by Crippen LogP contribution is -2.14. The number of methoxy groups -OCH3 is 1. The first-order chi connectivity index (χ1) is 15.8. The number of hydrogen-bond donors (Lipinski definition) is 1. The molecule has 0 radical (unpaired) electrons. The fourth-order valence-electron chi connectivity index (χ4n) is 3.12. The summed E-state index contributed by atoms with van der Waals surface area (Å²) in [7, 11) is 1.55. The Kier molecular flexibility index (Phi) is 8.00. The highest BCUT2D eigenvalue weighted by Gasteiger charge is 2.14. The lowest BCUT2D eigenvalue weighted by Gasteiger charge is -2.12. The molecule has 0 aliphatic carbocycles. The molecule has 33 heavy (non-hydrogen) atoms. The van der Waals surface area contributed by atoms with E-state index in [0.29, 0.717) is 32.8 Å². The molecule has 0 heterocycles.